The van der Waals surface area contributed by atoms with Crippen LogP contribution in [0.2, 0.25) is 0 Å². The summed E-state index contributed by atoms with van der Waals surface area (Å²) < 4.78 is 0. The molecule has 0 saturated heterocycles. The van der Waals surface area contributed by atoms with E-state index >= 15 is 0 Å². The molecule has 3 N–H and O–H groups in total. The van der Waals surface area contributed by atoms with Crippen molar-refractivity contribution in [1.29, 1.82) is 0 Å². The van der Waals surface area contributed by atoms with Crippen molar-refractivity contribution in [3.63, 3.8) is 0 Å². The molecule has 1 fully saturated rings. The number of fused-ring (bicyclic) bond motifs is 2. The Labute approximate surface area is 311 Å². The molecule has 3 aromatic carbocycles. The van der Waals surface area contributed by atoms with Crippen LogP contribution < -0.4 is 9.80 Å². The summed E-state index contributed by atoms with van der Waals surface area (Å²) in [5.74, 6) is -4.54. The van der Waals surface area contributed by atoms with Gasteiger partial charge in [0.05, 0.1) is 27.9 Å². The van der Waals surface area contributed by atoms with Crippen molar-refractivity contribution < 1.29 is 39.5 Å². The van der Waals surface area contributed by atoms with Gasteiger partial charge in [0.15, 0.2) is 5.78 Å². The minimum absolute atomic E-state index is 0.0527. The average Bonchev–Trinajstić information content (AvgIpc) is 3.46. The van der Waals surface area contributed by atoms with Crippen LogP contribution in [0.5, 0.6) is 0 Å². The van der Waals surface area contributed by atoms with Crippen LogP contribution in [-0.4, -0.2) is 61.1 Å². The van der Waals surface area contributed by atoms with Crippen LogP contribution in [0.4, 0.5) is 22.7 Å². The number of benzene rings is 3. The number of rotatable bonds is 13. The molecule has 2 aliphatic heterocycles. The number of hydrogen-bond acceptors (Lipinski definition) is 10. The van der Waals surface area contributed by atoms with Crippen molar-refractivity contribution in [2.24, 2.45) is 5.92 Å². The van der Waals surface area contributed by atoms with Crippen LogP contribution in [0.1, 0.15) is 70.1 Å². The first-order valence-corrected chi connectivity index (χ1v) is 17.7. The van der Waals surface area contributed by atoms with E-state index in [-0.39, 0.29) is 24.1 Å². The highest BCUT2D eigenvalue weighted by molar-refractivity contribution is 6.17. The van der Waals surface area contributed by atoms with E-state index in [2.05, 4.69) is 4.90 Å². The highest BCUT2D eigenvalue weighted by Crippen LogP contribution is 2.53. The van der Waals surface area contributed by atoms with Gasteiger partial charge in [0.25, 0.3) is 11.4 Å². The van der Waals surface area contributed by atoms with Crippen molar-refractivity contribution in [2.45, 2.75) is 82.4 Å². The molecule has 0 spiro atoms. The third-order valence-electron chi connectivity index (χ3n) is 11.2. The summed E-state index contributed by atoms with van der Waals surface area (Å²) in [5.41, 5.74) is -1.14. The molecule has 3 aromatic rings. The lowest BCUT2D eigenvalue weighted by molar-refractivity contribution is -0.394. The van der Waals surface area contributed by atoms with Crippen LogP contribution in [-0.2, 0) is 31.8 Å². The number of hydrogen-bond donors (Lipinski definition) is 3. The smallest absolute Gasteiger partial charge is 0.341 e. The molecule has 0 radical (unpaired) electrons. The van der Waals surface area contributed by atoms with Gasteiger partial charge in [-0.2, -0.15) is 0 Å². The Hall–Kier alpha value is -5.89. The number of Topliss-reactive ketones (excluding diaryl/α,β-unsaturated/α-hetero) is 1. The van der Waals surface area contributed by atoms with Gasteiger partial charge in [-0.15, -0.1) is 0 Å². The molecule has 54 heavy (non-hydrogen) atoms. The molecule has 1 aliphatic carbocycles. The highest BCUT2D eigenvalue weighted by Gasteiger charge is 2.63. The highest BCUT2D eigenvalue weighted by atomic mass is 16.6. The molecule has 6 rings (SSSR count). The van der Waals surface area contributed by atoms with Gasteiger partial charge in [0.1, 0.15) is 0 Å². The number of nitrogens with zero attached hydrogens (tertiary/aromatic N) is 4. The summed E-state index contributed by atoms with van der Waals surface area (Å²) in [7, 11) is 0. The van der Waals surface area contributed by atoms with Gasteiger partial charge in [-0.3, -0.25) is 29.8 Å². The maximum Gasteiger partial charge on any atom is 0.341 e. The topological polar surface area (TPSA) is 205 Å². The lowest BCUT2D eigenvalue weighted by Crippen LogP contribution is -2.62. The molecule has 282 valence electrons. The fraction of sp³-hybridized carbons (Fsp3) is 0.375. The molecule has 2 heterocycles. The van der Waals surface area contributed by atoms with Crippen LogP contribution in [0, 0.1) is 26.1 Å². The third-order valence-corrected chi connectivity index (χ3v) is 11.2. The number of unbranched alkanes of at least 4 members (excludes halogenated alkanes) is 2. The number of para-hydroxylation sites is 2. The maximum absolute atomic E-state index is 14.2. The van der Waals surface area contributed by atoms with E-state index in [0.717, 1.165) is 22.9 Å². The molecule has 0 amide bonds. The molecule has 0 bridgehead atoms. The summed E-state index contributed by atoms with van der Waals surface area (Å²) in [4.78, 5) is 64.1. The fourth-order valence-corrected chi connectivity index (χ4v) is 8.32. The second-order valence-electron chi connectivity index (χ2n) is 15.2. The van der Waals surface area contributed by atoms with Gasteiger partial charge in [-0.25, -0.2) is 4.79 Å². The second kappa shape index (κ2) is 13.8. The molecule has 14 heteroatoms. The normalized spacial score (nSPS) is 23.6. The number of non-ortho nitro benzene ring substituents is 2. The number of aliphatic carboxylic acids is 2. The molecule has 3 aliphatic rings. The van der Waals surface area contributed by atoms with Gasteiger partial charge < -0.3 is 25.1 Å². The first-order valence-electron chi connectivity index (χ1n) is 17.7. The monoisotopic (exact) mass is 738 g/mol. The largest absolute Gasteiger partial charge is 0.481 e. The van der Waals surface area contributed by atoms with E-state index in [1.54, 1.807) is 23.1 Å². The number of allylic oxidation sites excluding steroid dienone is 1. The number of anilines is 2. The summed E-state index contributed by atoms with van der Waals surface area (Å²) in [6.07, 6.45) is 4.88. The Morgan fingerprint density at radius 1 is 0.833 bits per heavy atom. The number of aliphatic hydroxyl groups is 1. The van der Waals surface area contributed by atoms with Gasteiger partial charge in [-0.05, 0) is 47.7 Å². The number of carbonyl (C=O) groups is 3. The summed E-state index contributed by atoms with van der Waals surface area (Å²) in [6.45, 7) is 8.17. The standard InChI is InChI=1S/C40H42N4O10/c1-38(2)27-12-7-9-14-31(27)41(17-11-5-6-16-35(45)46)33(38)21-29-36(47)30(40(29,50)37(48)49)22-34-39(3,4)28-13-8-10-15-32(28)42(34)23-24-18-25(43(51)52)20-26(19-24)44(53)54/h7-10,12-15,18-22,30,33,50H,5-6,11,16-17,23H2,1-4H3,(H,45,46)(H,48,49). The van der Waals surface area contributed by atoms with Gasteiger partial charge in [-0.1, -0.05) is 76.6 Å². The third kappa shape index (κ3) is 6.29. The zero-order chi connectivity index (χ0) is 39.3. The zero-order valence-corrected chi connectivity index (χ0v) is 30.4. The Morgan fingerprint density at radius 2 is 1.43 bits per heavy atom. The second-order valence-corrected chi connectivity index (χ2v) is 15.2. The van der Waals surface area contributed by atoms with E-state index in [1.807, 2.05) is 64.1 Å². The molecular formula is C40H42N4O10. The molecule has 1 saturated carbocycles. The summed E-state index contributed by atoms with van der Waals surface area (Å²) >= 11 is 0. The van der Waals surface area contributed by atoms with Crippen molar-refractivity contribution in [3.05, 3.63) is 127 Å². The predicted molar refractivity (Wildman–Crippen MR) is 199 cm³/mol. The number of carboxylic acids is 2. The number of carboxylic acid groups (broad SMARTS) is 2. The lowest BCUT2D eigenvalue weighted by atomic mass is 9.61. The van der Waals surface area contributed by atoms with E-state index in [4.69, 9.17) is 5.11 Å². The number of ketones is 1. The molecule has 0 aromatic heterocycles. The van der Waals surface area contributed by atoms with Crippen LogP contribution in [0.15, 0.2) is 90.2 Å². The quantitative estimate of drug-likeness (QED) is 0.0750. The van der Waals surface area contributed by atoms with Crippen molar-refractivity contribution in [1.82, 2.24) is 0 Å². The lowest BCUT2D eigenvalue weighted by Gasteiger charge is -2.44. The van der Waals surface area contributed by atoms with Crippen molar-refractivity contribution in [2.75, 3.05) is 16.3 Å². The van der Waals surface area contributed by atoms with E-state index in [9.17, 15) is 44.8 Å². The molecular weight excluding hydrogens is 696 g/mol. The van der Waals surface area contributed by atoms with Gasteiger partial charge in [0.2, 0.25) is 5.60 Å². The fourth-order valence-electron chi connectivity index (χ4n) is 8.32. The average molecular weight is 739 g/mol. The number of nitro benzene ring substituents is 2. The van der Waals surface area contributed by atoms with Gasteiger partial charge in [0, 0.05) is 65.1 Å². The van der Waals surface area contributed by atoms with Crippen LogP contribution >= 0.6 is 0 Å². The Kier molecular flexibility index (Phi) is 9.69. The van der Waals surface area contributed by atoms with E-state index in [0.29, 0.717) is 37.2 Å². The minimum atomic E-state index is -2.59. The maximum atomic E-state index is 14.2. The SMILES string of the molecule is CC1(C)C(=CC2C(=O)C(=CC3N(CCCCCC(=O)O)c4ccccc4C3(C)C)C2(O)C(=O)O)N(Cc2cc([N+](=O)[O-])cc([N+](=O)[O-])c2)c2ccccc21. The number of nitro groups is 2. The zero-order valence-electron chi connectivity index (χ0n) is 30.4. The predicted octanol–water partition coefficient (Wildman–Crippen LogP) is 6.44. The van der Waals surface area contributed by atoms with E-state index in [1.165, 1.54) is 18.2 Å². The molecule has 14 nitrogen and oxygen atoms in total. The first kappa shape index (κ1) is 37.9. The minimum Gasteiger partial charge on any atom is -0.481 e. The first-order chi connectivity index (χ1) is 25.4. The Bertz CT molecular complexity index is 2110. The van der Waals surface area contributed by atoms with Crippen molar-refractivity contribution in [3.8, 4) is 0 Å². The summed E-state index contributed by atoms with van der Waals surface area (Å²) in [6, 6.07) is 17.8. The summed E-state index contributed by atoms with van der Waals surface area (Å²) in [5, 5.41) is 55.1. The van der Waals surface area contributed by atoms with E-state index < -0.39 is 67.3 Å². The number of carbonyl (C=O) groups excluding carboxylic acids is 1. The van der Waals surface area contributed by atoms with Gasteiger partial charge >= 0.3 is 11.9 Å². The Morgan fingerprint density at radius 3 is 2.02 bits per heavy atom. The van der Waals surface area contributed by atoms with Crippen molar-refractivity contribution >= 4 is 40.5 Å². The molecule has 3 atom stereocenters. The van der Waals surface area contributed by atoms with Crippen LogP contribution in [0.3, 0.4) is 0 Å². The van der Waals surface area contributed by atoms with Crippen LogP contribution in [0.25, 0.3) is 0 Å². The Balaban J connectivity index is 1.39. The molecule has 3 unspecified atom stereocenters.